The third-order valence-corrected chi connectivity index (χ3v) is 5.96. The number of nitrogens with zero attached hydrogens (tertiary/aromatic N) is 2. The highest BCUT2D eigenvalue weighted by Gasteiger charge is 2.43. The normalized spacial score (nSPS) is 25.6. The van der Waals surface area contributed by atoms with Crippen LogP contribution in [0, 0.1) is 0 Å². The fraction of sp³-hybridized carbons (Fsp3) is 0.412. The van der Waals surface area contributed by atoms with E-state index in [1.165, 1.54) is 30.6 Å². The van der Waals surface area contributed by atoms with E-state index >= 15 is 0 Å². The summed E-state index contributed by atoms with van der Waals surface area (Å²) in [6.07, 6.45) is 6.99. The molecule has 1 aliphatic carbocycles. The zero-order valence-electron chi connectivity index (χ0n) is 12.3. The lowest BCUT2D eigenvalue weighted by Gasteiger charge is -2.32. The van der Waals surface area contributed by atoms with Gasteiger partial charge in [0.05, 0.1) is 17.8 Å². The number of rotatable bonds is 3. The van der Waals surface area contributed by atoms with Crippen molar-refractivity contribution < 1.29 is 0 Å². The minimum absolute atomic E-state index is 0.146. The van der Waals surface area contributed by atoms with Gasteiger partial charge in [-0.1, -0.05) is 25.0 Å². The molecule has 0 aromatic carbocycles. The zero-order valence-corrected chi connectivity index (χ0v) is 13.9. The van der Waals surface area contributed by atoms with Crippen LogP contribution in [0.1, 0.15) is 48.3 Å². The Hall–Kier alpha value is -1.46. The van der Waals surface area contributed by atoms with Gasteiger partial charge in [0.2, 0.25) is 0 Å². The van der Waals surface area contributed by atoms with E-state index in [4.69, 9.17) is 12.2 Å². The lowest BCUT2D eigenvalue weighted by Crippen LogP contribution is -2.37. The molecule has 4 rings (SSSR count). The second-order valence-electron chi connectivity index (χ2n) is 5.99. The van der Waals surface area contributed by atoms with Crippen molar-refractivity contribution in [2.75, 3.05) is 0 Å². The van der Waals surface area contributed by atoms with E-state index in [0.29, 0.717) is 6.04 Å². The van der Waals surface area contributed by atoms with Crippen molar-refractivity contribution >= 4 is 28.7 Å². The molecule has 3 nitrogen and oxygen atoms in total. The molecule has 0 radical (unpaired) electrons. The zero-order chi connectivity index (χ0) is 14.9. The summed E-state index contributed by atoms with van der Waals surface area (Å²) in [7, 11) is 0. The predicted octanol–water partition coefficient (Wildman–Crippen LogP) is 4.06. The second kappa shape index (κ2) is 5.97. The average Bonchev–Trinajstić information content (AvgIpc) is 3.28. The van der Waals surface area contributed by atoms with Crippen molar-refractivity contribution in [3.8, 4) is 0 Å². The summed E-state index contributed by atoms with van der Waals surface area (Å²) in [6, 6.07) is 11.5. The van der Waals surface area contributed by atoms with E-state index in [2.05, 4.69) is 44.8 Å². The fourth-order valence-electron chi connectivity index (χ4n) is 3.71. The molecule has 22 heavy (non-hydrogen) atoms. The number of hydrogen-bond donors (Lipinski definition) is 1. The molecule has 2 fully saturated rings. The summed E-state index contributed by atoms with van der Waals surface area (Å²) >= 11 is 7.51. The summed E-state index contributed by atoms with van der Waals surface area (Å²) in [4.78, 5) is 8.39. The van der Waals surface area contributed by atoms with Gasteiger partial charge in [0.15, 0.2) is 5.11 Å². The molecule has 114 valence electrons. The van der Waals surface area contributed by atoms with Gasteiger partial charge in [-0.05, 0) is 48.6 Å². The van der Waals surface area contributed by atoms with E-state index in [9.17, 15) is 0 Å². The van der Waals surface area contributed by atoms with Gasteiger partial charge in [-0.2, -0.15) is 0 Å². The van der Waals surface area contributed by atoms with Crippen LogP contribution in [0.2, 0.25) is 0 Å². The first kappa shape index (κ1) is 14.2. The number of thiophene rings is 1. The standard InChI is InChI=1S/C17H19N3S2/c21-17-19-15(13-8-3-4-10-18-13)16(14-9-5-11-22-14)20(17)12-6-1-2-7-12/h3-5,8-12,15-16H,1-2,6-7H2,(H,19,21)/t15-,16-/m0/s1. The van der Waals surface area contributed by atoms with Gasteiger partial charge >= 0.3 is 0 Å². The Kier molecular flexibility index (Phi) is 3.84. The molecule has 2 aliphatic rings. The molecule has 2 aromatic heterocycles. The minimum Gasteiger partial charge on any atom is -0.352 e. The van der Waals surface area contributed by atoms with Gasteiger partial charge < -0.3 is 10.2 Å². The van der Waals surface area contributed by atoms with E-state index in [0.717, 1.165) is 10.8 Å². The first-order valence-corrected chi connectivity index (χ1v) is 9.16. The molecule has 0 bridgehead atoms. The Labute approximate surface area is 140 Å². The topological polar surface area (TPSA) is 28.2 Å². The van der Waals surface area contributed by atoms with E-state index in [-0.39, 0.29) is 12.1 Å². The van der Waals surface area contributed by atoms with Gasteiger partial charge in [-0.25, -0.2) is 0 Å². The smallest absolute Gasteiger partial charge is 0.170 e. The summed E-state index contributed by atoms with van der Waals surface area (Å²) in [6.45, 7) is 0. The molecule has 1 N–H and O–H groups in total. The highest BCUT2D eigenvalue weighted by atomic mass is 32.1. The van der Waals surface area contributed by atoms with Gasteiger partial charge in [0.25, 0.3) is 0 Å². The van der Waals surface area contributed by atoms with Crippen molar-refractivity contribution in [1.29, 1.82) is 0 Å². The molecule has 0 unspecified atom stereocenters. The lowest BCUT2D eigenvalue weighted by molar-refractivity contribution is 0.249. The molecule has 1 saturated carbocycles. The van der Waals surface area contributed by atoms with Crippen molar-refractivity contribution in [1.82, 2.24) is 15.2 Å². The van der Waals surface area contributed by atoms with Crippen LogP contribution in [0.15, 0.2) is 41.9 Å². The lowest BCUT2D eigenvalue weighted by atomic mass is 10.0. The maximum Gasteiger partial charge on any atom is 0.170 e. The molecule has 2 aromatic rings. The Morgan fingerprint density at radius 3 is 2.73 bits per heavy atom. The molecule has 1 aliphatic heterocycles. The third-order valence-electron chi connectivity index (χ3n) is 4.69. The highest BCUT2D eigenvalue weighted by Crippen LogP contribution is 2.43. The second-order valence-corrected chi connectivity index (χ2v) is 7.35. The van der Waals surface area contributed by atoms with Gasteiger partial charge in [-0.15, -0.1) is 11.3 Å². The largest absolute Gasteiger partial charge is 0.352 e. The number of thiocarbonyl (C=S) groups is 1. The van der Waals surface area contributed by atoms with E-state index in [1.807, 2.05) is 23.6 Å². The Morgan fingerprint density at radius 2 is 2.05 bits per heavy atom. The summed E-state index contributed by atoms with van der Waals surface area (Å²) in [5.41, 5.74) is 1.07. The Morgan fingerprint density at radius 1 is 1.18 bits per heavy atom. The van der Waals surface area contributed by atoms with Crippen LogP contribution in [0.25, 0.3) is 0 Å². The van der Waals surface area contributed by atoms with Crippen molar-refractivity contribution in [2.24, 2.45) is 0 Å². The van der Waals surface area contributed by atoms with Crippen LogP contribution in [-0.2, 0) is 0 Å². The molecule has 5 heteroatoms. The number of nitrogens with one attached hydrogen (secondary N) is 1. The van der Waals surface area contributed by atoms with Gasteiger partial charge in [0, 0.05) is 17.1 Å². The third kappa shape index (κ3) is 2.42. The Bertz CT molecular complexity index is 635. The van der Waals surface area contributed by atoms with Crippen LogP contribution in [0.3, 0.4) is 0 Å². The van der Waals surface area contributed by atoms with Crippen LogP contribution in [0.5, 0.6) is 0 Å². The molecule has 3 heterocycles. The maximum absolute atomic E-state index is 5.70. The predicted molar refractivity (Wildman–Crippen MR) is 93.9 cm³/mol. The maximum atomic E-state index is 5.70. The molecule has 0 amide bonds. The quantitative estimate of drug-likeness (QED) is 0.860. The average molecular weight is 329 g/mol. The molecule has 1 saturated heterocycles. The fourth-order valence-corrected chi connectivity index (χ4v) is 4.96. The van der Waals surface area contributed by atoms with Gasteiger partial charge in [0.1, 0.15) is 0 Å². The first-order chi connectivity index (χ1) is 10.8. The monoisotopic (exact) mass is 329 g/mol. The van der Waals surface area contributed by atoms with Crippen LogP contribution in [-0.4, -0.2) is 21.0 Å². The first-order valence-electron chi connectivity index (χ1n) is 7.88. The summed E-state index contributed by atoms with van der Waals surface area (Å²) < 4.78 is 0. The Balaban J connectivity index is 1.74. The van der Waals surface area contributed by atoms with Crippen LogP contribution >= 0.6 is 23.6 Å². The van der Waals surface area contributed by atoms with E-state index in [1.54, 1.807) is 0 Å². The summed E-state index contributed by atoms with van der Waals surface area (Å²) in [5, 5.41) is 6.58. The van der Waals surface area contributed by atoms with Crippen molar-refractivity contribution in [3.63, 3.8) is 0 Å². The molecule has 2 atom stereocenters. The molecular formula is C17H19N3S2. The van der Waals surface area contributed by atoms with Crippen molar-refractivity contribution in [2.45, 2.75) is 43.8 Å². The summed E-state index contributed by atoms with van der Waals surface area (Å²) in [5.74, 6) is 0. The SMILES string of the molecule is S=C1N[C@@H](c2ccccn2)[C@H](c2cccs2)N1C1CCCC1. The van der Waals surface area contributed by atoms with Crippen molar-refractivity contribution in [3.05, 3.63) is 52.5 Å². The number of aromatic nitrogens is 1. The van der Waals surface area contributed by atoms with Crippen LogP contribution < -0.4 is 5.32 Å². The molecule has 0 spiro atoms. The van der Waals surface area contributed by atoms with Crippen LogP contribution in [0.4, 0.5) is 0 Å². The highest BCUT2D eigenvalue weighted by molar-refractivity contribution is 7.80. The number of hydrogen-bond acceptors (Lipinski definition) is 3. The number of pyridine rings is 1. The minimum atomic E-state index is 0.146. The van der Waals surface area contributed by atoms with Gasteiger partial charge in [-0.3, -0.25) is 4.98 Å². The molecular weight excluding hydrogens is 310 g/mol. The van der Waals surface area contributed by atoms with E-state index < -0.39 is 0 Å².